The van der Waals surface area contributed by atoms with Crippen LogP contribution in [0.1, 0.15) is 121 Å². The molecule has 4 unspecified atom stereocenters. The van der Waals surface area contributed by atoms with Crippen molar-refractivity contribution in [2.75, 3.05) is 6.54 Å². The van der Waals surface area contributed by atoms with Crippen LogP contribution in [0.2, 0.25) is 0 Å². The van der Waals surface area contributed by atoms with E-state index in [1.165, 1.54) is 18.4 Å². The van der Waals surface area contributed by atoms with Gasteiger partial charge in [0.15, 0.2) is 0 Å². The maximum absolute atomic E-state index is 12.6. The first-order valence-electron chi connectivity index (χ1n) is 15.3. The highest BCUT2D eigenvalue weighted by Gasteiger charge is 2.31. The summed E-state index contributed by atoms with van der Waals surface area (Å²) in [4.78, 5) is 30.8. The maximum atomic E-state index is 12.6. The molecule has 9 heteroatoms. The number of carbonyl (C=O) groups excluding carboxylic acids is 2. The standard InChI is InChI=1S/C17H25N5O.C7H13N.C6H11NO.C2H6/c1-11-5-4-6-13(9-11)16(14-10-18-12(2)20-14)21-17(23)15-7-8-19-22(15)3;1-4-6(2)5-7(3)8;1-5-2-3-6(8)7-4-5;1-2/h7-8,10-11,13,16H,4-6,9H2,1-3H3,(H,18,20)(H,21,23);5,8H,4H2,1-3H3;5H,2-4H2,1H3,(H,7,8);1-2H3. The summed E-state index contributed by atoms with van der Waals surface area (Å²) in [5.74, 6) is 2.84. The van der Waals surface area contributed by atoms with E-state index >= 15 is 0 Å². The molecule has 41 heavy (non-hydrogen) atoms. The van der Waals surface area contributed by atoms with E-state index in [9.17, 15) is 9.59 Å². The molecule has 1 aliphatic carbocycles. The highest BCUT2D eigenvalue weighted by molar-refractivity contribution is 5.92. The van der Waals surface area contributed by atoms with Crippen LogP contribution in [0, 0.1) is 30.1 Å². The number of hydrogen-bond acceptors (Lipinski definition) is 5. The molecular formula is C32H55N7O2. The van der Waals surface area contributed by atoms with Crippen LogP contribution in [-0.2, 0) is 11.8 Å². The summed E-state index contributed by atoms with van der Waals surface area (Å²) >= 11 is 0. The van der Waals surface area contributed by atoms with Gasteiger partial charge >= 0.3 is 0 Å². The highest BCUT2D eigenvalue weighted by Crippen LogP contribution is 2.36. The van der Waals surface area contributed by atoms with Crippen LogP contribution in [0.25, 0.3) is 0 Å². The quantitative estimate of drug-likeness (QED) is 0.289. The van der Waals surface area contributed by atoms with Gasteiger partial charge in [0, 0.05) is 31.9 Å². The van der Waals surface area contributed by atoms with Gasteiger partial charge in [0.2, 0.25) is 5.91 Å². The Morgan fingerprint density at radius 2 is 1.93 bits per heavy atom. The van der Waals surface area contributed by atoms with E-state index in [0.29, 0.717) is 29.2 Å². The Bertz CT molecular complexity index is 1090. The first-order valence-corrected chi connectivity index (χ1v) is 15.3. The largest absolute Gasteiger partial charge is 0.356 e. The van der Waals surface area contributed by atoms with E-state index in [1.54, 1.807) is 30.9 Å². The smallest absolute Gasteiger partial charge is 0.270 e. The van der Waals surface area contributed by atoms with Gasteiger partial charge in [0.05, 0.1) is 17.9 Å². The summed E-state index contributed by atoms with van der Waals surface area (Å²) in [5, 5.41) is 17.1. The number of H-pyrrole nitrogens is 1. The Hall–Kier alpha value is -3.23. The number of piperidine rings is 1. The summed E-state index contributed by atoms with van der Waals surface area (Å²) in [5.41, 5.74) is 3.49. The number of allylic oxidation sites excluding steroid dienone is 2. The van der Waals surface area contributed by atoms with Gasteiger partial charge in [-0.3, -0.25) is 14.3 Å². The third-order valence-corrected chi connectivity index (χ3v) is 7.38. The van der Waals surface area contributed by atoms with Crippen LogP contribution in [0.5, 0.6) is 0 Å². The van der Waals surface area contributed by atoms with Crippen molar-refractivity contribution < 1.29 is 9.59 Å². The Morgan fingerprint density at radius 3 is 2.37 bits per heavy atom. The molecule has 4 N–H and O–H groups in total. The molecule has 4 rings (SSSR count). The number of nitrogens with one attached hydrogen (secondary N) is 4. The molecule has 2 fully saturated rings. The molecule has 0 radical (unpaired) electrons. The molecule has 0 bridgehead atoms. The van der Waals surface area contributed by atoms with Gasteiger partial charge in [0.25, 0.3) is 5.91 Å². The van der Waals surface area contributed by atoms with E-state index in [4.69, 9.17) is 5.41 Å². The molecule has 2 aromatic heterocycles. The van der Waals surface area contributed by atoms with Crippen LogP contribution >= 0.6 is 0 Å². The van der Waals surface area contributed by atoms with Crippen LogP contribution in [0.4, 0.5) is 0 Å². The normalized spacial score (nSPS) is 21.0. The van der Waals surface area contributed by atoms with E-state index in [0.717, 1.165) is 50.2 Å². The Balaban J connectivity index is 0.000000383. The van der Waals surface area contributed by atoms with Crippen LogP contribution in [0.15, 0.2) is 30.1 Å². The van der Waals surface area contributed by atoms with Gasteiger partial charge in [-0.15, -0.1) is 0 Å². The van der Waals surface area contributed by atoms with Crippen molar-refractivity contribution in [3.05, 3.63) is 47.3 Å². The summed E-state index contributed by atoms with van der Waals surface area (Å²) in [7, 11) is 1.78. The van der Waals surface area contributed by atoms with Crippen LogP contribution in [0.3, 0.4) is 0 Å². The third kappa shape index (κ3) is 13.3. The number of aromatic amines is 1. The monoisotopic (exact) mass is 569 g/mol. The predicted molar refractivity (Wildman–Crippen MR) is 168 cm³/mol. The van der Waals surface area contributed by atoms with E-state index < -0.39 is 0 Å². The summed E-state index contributed by atoms with van der Waals surface area (Å²) < 4.78 is 1.61. The highest BCUT2D eigenvalue weighted by atomic mass is 16.2. The Kier molecular flexibility index (Phi) is 16.6. The lowest BCUT2D eigenvalue weighted by Crippen LogP contribution is -2.36. The Morgan fingerprint density at radius 1 is 1.22 bits per heavy atom. The maximum Gasteiger partial charge on any atom is 0.270 e. The predicted octanol–water partition coefficient (Wildman–Crippen LogP) is 6.69. The first kappa shape index (κ1) is 35.8. The van der Waals surface area contributed by atoms with Crippen molar-refractivity contribution in [3.8, 4) is 0 Å². The van der Waals surface area contributed by atoms with Crippen LogP contribution in [-0.4, -0.2) is 43.8 Å². The van der Waals surface area contributed by atoms with E-state index in [2.05, 4.69) is 46.5 Å². The summed E-state index contributed by atoms with van der Waals surface area (Å²) in [6, 6.07) is 1.72. The van der Waals surface area contributed by atoms with Crippen molar-refractivity contribution in [1.82, 2.24) is 30.4 Å². The second-order valence-electron chi connectivity index (χ2n) is 11.2. The number of rotatable bonds is 6. The Labute approximate surface area is 247 Å². The number of hydrogen-bond donors (Lipinski definition) is 4. The third-order valence-electron chi connectivity index (χ3n) is 7.38. The molecule has 1 aliphatic heterocycles. The molecule has 9 nitrogen and oxygen atoms in total. The lowest BCUT2D eigenvalue weighted by molar-refractivity contribution is -0.122. The van der Waals surface area contributed by atoms with Crippen molar-refractivity contribution in [2.45, 2.75) is 106 Å². The lowest BCUT2D eigenvalue weighted by atomic mass is 9.78. The number of amides is 2. The number of aromatic nitrogens is 4. The minimum Gasteiger partial charge on any atom is -0.356 e. The number of nitrogens with zero attached hydrogens (tertiary/aromatic N) is 3. The molecule has 0 spiro atoms. The topological polar surface area (TPSA) is 129 Å². The zero-order valence-corrected chi connectivity index (χ0v) is 26.9. The molecule has 2 aromatic rings. The molecule has 230 valence electrons. The summed E-state index contributed by atoms with van der Waals surface area (Å²) in [6.45, 7) is 17.2. The van der Waals surface area contributed by atoms with Gasteiger partial charge in [-0.2, -0.15) is 5.10 Å². The minimum atomic E-state index is -0.0829. The molecular weight excluding hydrogens is 514 g/mol. The molecule has 1 saturated heterocycles. The molecule has 4 atom stereocenters. The van der Waals surface area contributed by atoms with E-state index in [1.807, 2.05) is 40.0 Å². The van der Waals surface area contributed by atoms with Gasteiger partial charge in [-0.1, -0.05) is 53.0 Å². The number of carbonyl (C=O) groups is 2. The van der Waals surface area contributed by atoms with Gasteiger partial charge in [0.1, 0.15) is 11.5 Å². The molecule has 1 saturated carbocycles. The average molecular weight is 570 g/mol. The zero-order chi connectivity index (χ0) is 30.9. The van der Waals surface area contributed by atoms with Crippen molar-refractivity contribution in [2.24, 2.45) is 24.8 Å². The fourth-order valence-corrected chi connectivity index (χ4v) is 4.97. The van der Waals surface area contributed by atoms with Crippen LogP contribution < -0.4 is 10.6 Å². The molecule has 2 amide bonds. The van der Waals surface area contributed by atoms with Gasteiger partial charge < -0.3 is 21.0 Å². The second-order valence-corrected chi connectivity index (χ2v) is 11.2. The second kappa shape index (κ2) is 19.0. The lowest BCUT2D eigenvalue weighted by Gasteiger charge is -2.33. The zero-order valence-electron chi connectivity index (χ0n) is 26.9. The van der Waals surface area contributed by atoms with Crippen molar-refractivity contribution in [3.63, 3.8) is 0 Å². The van der Waals surface area contributed by atoms with Gasteiger partial charge in [-0.05, 0) is 76.4 Å². The average Bonchev–Trinajstić information content (AvgIpc) is 3.58. The van der Waals surface area contributed by atoms with Crippen molar-refractivity contribution >= 4 is 17.5 Å². The number of imidazole rings is 1. The fraction of sp³-hybridized carbons (Fsp3) is 0.656. The van der Waals surface area contributed by atoms with E-state index in [-0.39, 0.29) is 17.9 Å². The first-order chi connectivity index (χ1) is 19.5. The molecule has 0 aromatic carbocycles. The molecule has 3 heterocycles. The minimum absolute atomic E-state index is 0.0265. The van der Waals surface area contributed by atoms with Gasteiger partial charge in [-0.25, -0.2) is 4.98 Å². The SMILES string of the molecule is CC.CC1CCC(=O)NC1.CCC(C)=CC(C)=N.Cc1ncc(C(NC(=O)c2ccnn2C)C2CCCC(C)C2)[nH]1. The fourth-order valence-electron chi connectivity index (χ4n) is 4.97. The van der Waals surface area contributed by atoms with Crippen molar-refractivity contribution in [1.29, 1.82) is 5.41 Å². The molecule has 2 aliphatic rings. The summed E-state index contributed by atoms with van der Waals surface area (Å²) in [6.07, 6.45) is 13.0. The number of aryl methyl sites for hydroxylation is 2.